The van der Waals surface area contributed by atoms with E-state index in [1.54, 1.807) is 0 Å². The molecule has 30 aromatic rings. The van der Waals surface area contributed by atoms with E-state index in [0.717, 1.165) is 0 Å². The van der Waals surface area contributed by atoms with Crippen molar-refractivity contribution in [2.75, 3.05) is 0 Å². The van der Waals surface area contributed by atoms with E-state index in [2.05, 4.69) is 481 Å². The zero-order valence-corrected chi connectivity index (χ0v) is 78.6. The van der Waals surface area contributed by atoms with Crippen LogP contribution in [0.1, 0.15) is 0 Å². The predicted molar refractivity (Wildman–Crippen MR) is 600 cm³/mol. The normalized spacial score (nSPS) is 11.9. The molecule has 9 heteroatoms. The molecule has 3 nitrogen and oxygen atoms in total. The summed E-state index contributed by atoms with van der Waals surface area (Å²) in [5, 5.41) is 21.1. The molecule has 0 saturated carbocycles. The summed E-state index contributed by atoms with van der Waals surface area (Å²) in [5.74, 6) is 0. The fraction of sp³-hybridized carbons (Fsp3) is 0. The van der Waals surface area contributed by atoms with Gasteiger partial charge in [0.05, 0.1) is 47.2 Å². The molecule has 9 heterocycles. The molecule has 0 fully saturated rings. The fourth-order valence-electron chi connectivity index (χ4n) is 21.7. The summed E-state index contributed by atoms with van der Waals surface area (Å²) in [6.45, 7) is 0. The molecule has 0 aliphatic carbocycles. The van der Waals surface area contributed by atoms with Gasteiger partial charge in [0.25, 0.3) is 0 Å². The highest BCUT2D eigenvalue weighted by Gasteiger charge is 2.27. The van der Waals surface area contributed by atoms with Crippen LogP contribution in [0, 0.1) is 0 Å². The maximum Gasteiger partial charge on any atom is 0.0727 e. The number of thiophene rings is 6. The molecule has 0 saturated heterocycles. The van der Waals surface area contributed by atoms with Crippen molar-refractivity contribution in [2.45, 2.75) is 0 Å². The van der Waals surface area contributed by atoms with Crippen LogP contribution in [0.3, 0.4) is 0 Å². The molecular formula is C128H77N3S6. The fourth-order valence-corrected chi connectivity index (χ4v) is 29.2. The van der Waals surface area contributed by atoms with E-state index in [1.165, 1.54) is 271 Å². The Morgan fingerprint density at radius 3 is 1.02 bits per heavy atom. The van der Waals surface area contributed by atoms with Gasteiger partial charge in [-0.3, -0.25) is 0 Å². The van der Waals surface area contributed by atoms with Crippen molar-refractivity contribution in [3.05, 3.63) is 467 Å². The Hall–Kier alpha value is -15.9. The van der Waals surface area contributed by atoms with Gasteiger partial charge < -0.3 is 13.7 Å². The molecule has 0 atom stereocenters. The zero-order chi connectivity index (χ0) is 89.9. The van der Waals surface area contributed by atoms with E-state index >= 15 is 0 Å². The SMILES string of the molecule is c1ccc(-c2cccc3c2sc2cccc(-c4ccccc4-c4cccc5c4sc4c6ccccc6n(-c6ccccc6)c54)c23)cc1.c1ccc(-n2c3ccccc3c3sc4cc(-c5ccccc5-c5ccc6c(c5)sc5cc7ccccc7cc56)ccc4c32)cc1.c1ccc(-n2c3ccccc3c3sc4cc(-c5ccccc5-c5ccc6c(c5)sc5ccc7ccccc7c56)ccc4c32)cc1. The number of para-hydroxylation sites is 6. The van der Waals surface area contributed by atoms with Gasteiger partial charge in [0.15, 0.2) is 0 Å². The van der Waals surface area contributed by atoms with Crippen molar-refractivity contribution in [1.82, 2.24) is 13.7 Å². The average Bonchev–Trinajstić information content (AvgIpc) is 1.57. The van der Waals surface area contributed by atoms with Crippen molar-refractivity contribution in [3.63, 3.8) is 0 Å². The molecule has 0 bridgehead atoms. The van der Waals surface area contributed by atoms with Gasteiger partial charge in [-0.05, 0) is 197 Å². The van der Waals surface area contributed by atoms with E-state index in [4.69, 9.17) is 0 Å². The maximum atomic E-state index is 2.45. The standard InChI is InChI=1S/C44H27NS2.2C42H25NS2/c1-3-14-28(15-4-1)30-21-11-24-36-40-33(22-13-27-39(40)46-42(30)36)31-18-7-8-19-32(31)34-23-12-25-37-41-44(47-43(34)37)35-20-9-10-26-38(35)45(41)29-16-5-2-6-17-29;1-2-12-30(13-3-1)43-37-17-9-8-16-34(37)42-41(43)35-21-19-29(25-39(35)45-42)32-15-7-6-14-31(32)28-18-20-33-36-22-26-10-4-5-11-27(26)23-40(36)44-38(33)24-28;1-2-11-29(12-3-1)43-36-17-9-8-16-33(36)42-41(43)35-22-19-28(25-39(35)45-42)31-14-7-6-13-30(31)27-18-21-34-38(24-27)44-37-23-20-26-10-4-5-15-32(26)40(34)37/h1-27H;2*1-25H. The molecule has 640 valence electrons. The highest BCUT2D eigenvalue weighted by Crippen LogP contribution is 2.54. The van der Waals surface area contributed by atoms with Gasteiger partial charge in [0.2, 0.25) is 0 Å². The second-order valence-electron chi connectivity index (χ2n) is 35.5. The van der Waals surface area contributed by atoms with Gasteiger partial charge in [-0.1, -0.05) is 364 Å². The summed E-state index contributed by atoms with van der Waals surface area (Å²) in [5.41, 5.74) is 29.0. The van der Waals surface area contributed by atoms with E-state index in [1.807, 2.05) is 68.0 Å². The summed E-state index contributed by atoms with van der Waals surface area (Å²) >= 11 is 11.4. The highest BCUT2D eigenvalue weighted by atomic mass is 32.1. The molecule has 0 amide bonds. The molecule has 0 radical (unpaired) electrons. The Labute approximate surface area is 812 Å². The first-order valence-electron chi connectivity index (χ1n) is 46.5. The largest absolute Gasteiger partial charge is 0.308 e. The molecule has 0 aliphatic heterocycles. The van der Waals surface area contributed by atoms with Crippen LogP contribution in [0.4, 0.5) is 0 Å². The van der Waals surface area contributed by atoms with E-state index in [9.17, 15) is 0 Å². The minimum Gasteiger partial charge on any atom is -0.308 e. The summed E-state index contributed by atoms with van der Waals surface area (Å²) in [4.78, 5) is 0. The summed E-state index contributed by atoms with van der Waals surface area (Å²) in [6.07, 6.45) is 0. The van der Waals surface area contributed by atoms with Crippen molar-refractivity contribution in [3.8, 4) is 95.0 Å². The lowest BCUT2D eigenvalue weighted by Gasteiger charge is -2.13. The van der Waals surface area contributed by atoms with E-state index in [-0.39, 0.29) is 0 Å². The van der Waals surface area contributed by atoms with Crippen molar-refractivity contribution in [1.29, 1.82) is 0 Å². The average molecular weight is 1850 g/mol. The smallest absolute Gasteiger partial charge is 0.0727 e. The van der Waals surface area contributed by atoms with Crippen molar-refractivity contribution >= 4 is 244 Å². The summed E-state index contributed by atoms with van der Waals surface area (Å²) < 4.78 is 23.3. The van der Waals surface area contributed by atoms with Gasteiger partial charge in [-0.2, -0.15) is 0 Å². The Balaban J connectivity index is 0.000000102. The number of rotatable bonds is 10. The Bertz CT molecular complexity index is 10100. The second kappa shape index (κ2) is 32.4. The third-order valence-corrected chi connectivity index (χ3v) is 34.9. The van der Waals surface area contributed by atoms with Gasteiger partial charge in [-0.25, -0.2) is 0 Å². The van der Waals surface area contributed by atoms with Gasteiger partial charge >= 0.3 is 0 Å². The third kappa shape index (κ3) is 13.0. The molecule has 0 aliphatic rings. The molecule has 0 spiro atoms. The number of hydrogen-bond donors (Lipinski definition) is 0. The first-order chi connectivity index (χ1) is 68.0. The number of aromatic nitrogens is 3. The quantitative estimate of drug-likeness (QED) is 0.130. The minimum atomic E-state index is 1.19. The third-order valence-electron chi connectivity index (χ3n) is 27.8. The summed E-state index contributed by atoms with van der Waals surface area (Å²) in [7, 11) is 0. The van der Waals surface area contributed by atoms with E-state index in [0.29, 0.717) is 0 Å². The van der Waals surface area contributed by atoms with Crippen LogP contribution in [-0.2, 0) is 0 Å². The Morgan fingerprint density at radius 2 is 0.482 bits per heavy atom. The van der Waals surface area contributed by atoms with Crippen molar-refractivity contribution in [2.24, 2.45) is 0 Å². The van der Waals surface area contributed by atoms with Gasteiger partial charge in [0, 0.05) is 130 Å². The maximum absolute atomic E-state index is 2.45. The Kier molecular flexibility index (Phi) is 18.9. The lowest BCUT2D eigenvalue weighted by atomic mass is 9.91. The van der Waals surface area contributed by atoms with Crippen LogP contribution >= 0.6 is 68.0 Å². The van der Waals surface area contributed by atoms with Crippen LogP contribution in [0.5, 0.6) is 0 Å². The second-order valence-corrected chi connectivity index (χ2v) is 41.8. The minimum absolute atomic E-state index is 1.19. The molecule has 137 heavy (non-hydrogen) atoms. The molecular weight excluding hydrogens is 1770 g/mol. The molecule has 21 aromatic carbocycles. The number of fused-ring (bicyclic) bond motifs is 27. The van der Waals surface area contributed by atoms with Gasteiger partial charge in [0.1, 0.15) is 0 Å². The first kappa shape index (κ1) is 79.6. The molecule has 0 unspecified atom stereocenters. The van der Waals surface area contributed by atoms with Crippen LogP contribution < -0.4 is 0 Å². The van der Waals surface area contributed by atoms with Crippen LogP contribution in [0.2, 0.25) is 0 Å². The van der Waals surface area contributed by atoms with Crippen molar-refractivity contribution < 1.29 is 0 Å². The zero-order valence-electron chi connectivity index (χ0n) is 73.7. The lowest BCUT2D eigenvalue weighted by molar-refractivity contribution is 1.19. The Morgan fingerprint density at radius 1 is 0.139 bits per heavy atom. The highest BCUT2D eigenvalue weighted by molar-refractivity contribution is 7.29. The number of benzene rings is 21. The first-order valence-corrected chi connectivity index (χ1v) is 51.4. The van der Waals surface area contributed by atoms with Crippen LogP contribution in [0.15, 0.2) is 467 Å². The lowest BCUT2D eigenvalue weighted by Crippen LogP contribution is -1.93. The predicted octanol–water partition coefficient (Wildman–Crippen LogP) is 39.1. The summed E-state index contributed by atoms with van der Waals surface area (Å²) in [6, 6.07) is 171. The van der Waals surface area contributed by atoms with E-state index < -0.39 is 0 Å². The molecule has 0 N–H and O–H groups in total. The van der Waals surface area contributed by atoms with Gasteiger partial charge in [-0.15, -0.1) is 68.0 Å². The molecule has 30 rings (SSSR count). The van der Waals surface area contributed by atoms with Crippen LogP contribution in [0.25, 0.3) is 271 Å². The topological polar surface area (TPSA) is 14.8 Å². The number of nitrogens with zero attached hydrogens (tertiary/aromatic N) is 3. The van der Waals surface area contributed by atoms with Crippen LogP contribution in [-0.4, -0.2) is 13.7 Å². The number of hydrogen-bond acceptors (Lipinski definition) is 6. The molecule has 9 aromatic heterocycles. The monoisotopic (exact) mass is 1850 g/mol.